The molecule has 0 atom stereocenters. The standard InChI is InChI=1S/C24H25FN4O4/c1-15-26-23(27-29(15)18-7-5-17(25)6-8-18)24(30)28-11-9-16(10-12-28)22-20(32-3)13-19(31-2)14-21(22)33-4/h5-9,13-14H,10-12H2,1-4H3. The second-order valence-corrected chi connectivity index (χ2v) is 7.51. The van der Waals surface area contributed by atoms with Crippen molar-refractivity contribution in [2.24, 2.45) is 0 Å². The van der Waals surface area contributed by atoms with Gasteiger partial charge in [-0.05, 0) is 43.2 Å². The molecule has 9 heteroatoms. The molecule has 4 rings (SSSR count). The Morgan fingerprint density at radius 3 is 2.24 bits per heavy atom. The zero-order chi connectivity index (χ0) is 23.5. The summed E-state index contributed by atoms with van der Waals surface area (Å²) in [5.74, 6) is 1.98. The molecule has 1 aliphatic rings. The van der Waals surface area contributed by atoms with Gasteiger partial charge in [0.25, 0.3) is 5.91 Å². The van der Waals surface area contributed by atoms with Gasteiger partial charge in [-0.15, -0.1) is 5.10 Å². The third-order valence-corrected chi connectivity index (χ3v) is 5.56. The summed E-state index contributed by atoms with van der Waals surface area (Å²) in [6, 6.07) is 9.50. The van der Waals surface area contributed by atoms with Crippen molar-refractivity contribution in [1.29, 1.82) is 0 Å². The van der Waals surface area contributed by atoms with Crippen LogP contribution < -0.4 is 14.2 Å². The molecule has 1 amide bonds. The van der Waals surface area contributed by atoms with Crippen molar-refractivity contribution >= 4 is 11.5 Å². The minimum Gasteiger partial charge on any atom is -0.496 e. The van der Waals surface area contributed by atoms with Crippen molar-refractivity contribution in [3.05, 3.63) is 65.5 Å². The predicted molar refractivity (Wildman–Crippen MR) is 121 cm³/mol. The zero-order valence-corrected chi connectivity index (χ0v) is 19.0. The molecule has 2 heterocycles. The fraction of sp³-hybridized carbons (Fsp3) is 0.292. The average molecular weight is 452 g/mol. The number of halogens is 1. The lowest BCUT2D eigenvalue weighted by Gasteiger charge is -2.27. The Hall–Kier alpha value is -3.88. The Bertz CT molecular complexity index is 1180. The van der Waals surface area contributed by atoms with Crippen LogP contribution in [-0.2, 0) is 0 Å². The van der Waals surface area contributed by atoms with Crippen LogP contribution >= 0.6 is 0 Å². The van der Waals surface area contributed by atoms with Gasteiger partial charge in [0.05, 0.1) is 32.6 Å². The van der Waals surface area contributed by atoms with Crippen LogP contribution in [0, 0.1) is 12.7 Å². The molecule has 0 N–H and O–H groups in total. The number of benzene rings is 2. The van der Waals surface area contributed by atoms with E-state index in [0.29, 0.717) is 48.3 Å². The minimum absolute atomic E-state index is 0.105. The minimum atomic E-state index is -0.339. The average Bonchev–Trinajstić information content (AvgIpc) is 3.24. The lowest BCUT2D eigenvalue weighted by atomic mass is 9.97. The smallest absolute Gasteiger partial charge is 0.293 e. The van der Waals surface area contributed by atoms with Gasteiger partial charge in [0.15, 0.2) is 0 Å². The molecule has 0 fully saturated rings. The van der Waals surface area contributed by atoms with Crippen LogP contribution in [0.3, 0.4) is 0 Å². The van der Waals surface area contributed by atoms with E-state index in [2.05, 4.69) is 10.1 Å². The van der Waals surface area contributed by atoms with Gasteiger partial charge < -0.3 is 19.1 Å². The van der Waals surface area contributed by atoms with Crippen molar-refractivity contribution < 1.29 is 23.4 Å². The van der Waals surface area contributed by atoms with Crippen molar-refractivity contribution in [3.63, 3.8) is 0 Å². The van der Waals surface area contributed by atoms with E-state index >= 15 is 0 Å². The first-order chi connectivity index (χ1) is 15.9. The Kier molecular flexibility index (Phi) is 6.30. The first-order valence-corrected chi connectivity index (χ1v) is 10.4. The highest BCUT2D eigenvalue weighted by molar-refractivity contribution is 5.91. The van der Waals surface area contributed by atoms with E-state index in [4.69, 9.17) is 14.2 Å². The summed E-state index contributed by atoms with van der Waals surface area (Å²) in [6.45, 7) is 2.65. The normalized spacial score (nSPS) is 13.5. The second kappa shape index (κ2) is 9.32. The SMILES string of the molecule is COc1cc(OC)c(C2=CCN(C(=O)c3nc(C)n(-c4ccc(F)cc4)n3)CC2)c(OC)c1. The van der Waals surface area contributed by atoms with Crippen LogP contribution in [0.25, 0.3) is 11.3 Å². The van der Waals surface area contributed by atoms with E-state index in [9.17, 15) is 9.18 Å². The number of nitrogens with zero attached hydrogens (tertiary/aromatic N) is 4. The highest BCUT2D eigenvalue weighted by Crippen LogP contribution is 2.40. The van der Waals surface area contributed by atoms with Gasteiger partial charge >= 0.3 is 0 Å². The van der Waals surface area contributed by atoms with E-state index in [1.54, 1.807) is 45.3 Å². The topological polar surface area (TPSA) is 78.7 Å². The number of aryl methyl sites for hydroxylation is 1. The first kappa shape index (κ1) is 22.3. The van der Waals surface area contributed by atoms with Crippen molar-refractivity contribution in [1.82, 2.24) is 19.7 Å². The lowest BCUT2D eigenvalue weighted by Crippen LogP contribution is -2.35. The van der Waals surface area contributed by atoms with Gasteiger partial charge in [0, 0.05) is 25.2 Å². The van der Waals surface area contributed by atoms with Crippen LogP contribution in [0.5, 0.6) is 17.2 Å². The third-order valence-electron chi connectivity index (χ3n) is 5.56. The number of ether oxygens (including phenoxy) is 3. The Morgan fingerprint density at radius 1 is 1.03 bits per heavy atom. The largest absolute Gasteiger partial charge is 0.496 e. The van der Waals surface area contributed by atoms with E-state index < -0.39 is 0 Å². The molecule has 8 nitrogen and oxygen atoms in total. The molecule has 0 unspecified atom stereocenters. The third kappa shape index (κ3) is 4.39. The molecule has 0 aliphatic carbocycles. The van der Waals surface area contributed by atoms with E-state index in [1.165, 1.54) is 16.8 Å². The number of methoxy groups -OCH3 is 3. The predicted octanol–water partition coefficient (Wildman–Crippen LogP) is 3.67. The van der Waals surface area contributed by atoms with Crippen LogP contribution in [0.4, 0.5) is 4.39 Å². The summed E-state index contributed by atoms with van der Waals surface area (Å²) in [4.78, 5) is 19.1. The molecule has 0 saturated carbocycles. The van der Waals surface area contributed by atoms with Crippen LogP contribution in [0.2, 0.25) is 0 Å². The van der Waals surface area contributed by atoms with E-state index in [0.717, 1.165) is 11.1 Å². The Morgan fingerprint density at radius 2 is 1.70 bits per heavy atom. The second-order valence-electron chi connectivity index (χ2n) is 7.51. The number of hydrogen-bond acceptors (Lipinski definition) is 6. The highest BCUT2D eigenvalue weighted by Gasteiger charge is 2.26. The number of amides is 1. The van der Waals surface area contributed by atoms with Crippen LogP contribution in [0.1, 0.15) is 28.4 Å². The van der Waals surface area contributed by atoms with Gasteiger partial charge in [-0.3, -0.25) is 4.79 Å². The lowest BCUT2D eigenvalue weighted by molar-refractivity contribution is 0.0760. The fourth-order valence-electron chi connectivity index (χ4n) is 3.85. The first-order valence-electron chi connectivity index (χ1n) is 10.4. The summed E-state index contributed by atoms with van der Waals surface area (Å²) in [7, 11) is 4.79. The molecular weight excluding hydrogens is 427 g/mol. The van der Waals surface area contributed by atoms with Crippen molar-refractivity contribution in [3.8, 4) is 22.9 Å². The molecule has 1 aliphatic heterocycles. The van der Waals surface area contributed by atoms with Gasteiger partial charge in [0.1, 0.15) is 28.9 Å². The molecule has 2 aromatic carbocycles. The summed E-state index contributed by atoms with van der Waals surface area (Å²) in [5, 5.41) is 4.35. The summed E-state index contributed by atoms with van der Waals surface area (Å²) in [6.07, 6.45) is 2.60. The van der Waals surface area contributed by atoms with Gasteiger partial charge in [-0.2, -0.15) is 0 Å². The molecule has 0 saturated heterocycles. The highest BCUT2D eigenvalue weighted by atomic mass is 19.1. The maximum atomic E-state index is 13.2. The maximum Gasteiger partial charge on any atom is 0.293 e. The number of carbonyl (C=O) groups is 1. The molecule has 1 aromatic heterocycles. The quantitative estimate of drug-likeness (QED) is 0.568. The maximum absolute atomic E-state index is 13.2. The van der Waals surface area contributed by atoms with Crippen LogP contribution in [-0.4, -0.2) is 60.0 Å². The molecule has 33 heavy (non-hydrogen) atoms. The number of rotatable bonds is 6. The zero-order valence-electron chi connectivity index (χ0n) is 19.0. The van der Waals surface area contributed by atoms with Gasteiger partial charge in [-0.1, -0.05) is 6.08 Å². The summed E-state index contributed by atoms with van der Waals surface area (Å²) < 4.78 is 31.2. The fourth-order valence-corrected chi connectivity index (χ4v) is 3.85. The van der Waals surface area contributed by atoms with Crippen molar-refractivity contribution in [2.45, 2.75) is 13.3 Å². The van der Waals surface area contributed by atoms with Crippen molar-refractivity contribution in [2.75, 3.05) is 34.4 Å². The molecule has 172 valence electrons. The monoisotopic (exact) mass is 452 g/mol. The van der Waals surface area contributed by atoms with Gasteiger partial charge in [-0.25, -0.2) is 14.1 Å². The molecule has 0 radical (unpaired) electrons. The number of aromatic nitrogens is 3. The molecule has 3 aromatic rings. The Labute approximate surface area is 191 Å². The number of hydrogen-bond donors (Lipinski definition) is 0. The molecule has 0 bridgehead atoms. The molecule has 0 spiro atoms. The number of carbonyl (C=O) groups excluding carboxylic acids is 1. The van der Waals surface area contributed by atoms with Gasteiger partial charge in [0.2, 0.25) is 5.82 Å². The van der Waals surface area contributed by atoms with E-state index in [-0.39, 0.29) is 17.5 Å². The summed E-state index contributed by atoms with van der Waals surface area (Å²) in [5.41, 5.74) is 2.51. The van der Waals surface area contributed by atoms with Crippen LogP contribution in [0.15, 0.2) is 42.5 Å². The summed E-state index contributed by atoms with van der Waals surface area (Å²) >= 11 is 0. The van der Waals surface area contributed by atoms with E-state index in [1.807, 2.05) is 18.2 Å². The molecular formula is C24H25FN4O4. The Balaban J connectivity index is 1.56.